The number of hydrogen-bond donors (Lipinski definition) is 2. The molecule has 0 bridgehead atoms. The van der Waals surface area contributed by atoms with Crippen LogP contribution in [0.25, 0.3) is 0 Å². The molecule has 112 valence electrons. The van der Waals surface area contributed by atoms with Gasteiger partial charge in [0.25, 0.3) is 0 Å². The molecular formula is C15H24N2O3. The minimum atomic E-state index is -0.366. The maximum atomic E-state index is 6.02. The Morgan fingerprint density at radius 2 is 1.90 bits per heavy atom. The molecule has 20 heavy (non-hydrogen) atoms. The average molecular weight is 280 g/mol. The molecule has 1 aromatic carbocycles. The third-order valence-corrected chi connectivity index (χ3v) is 4.03. The molecular weight excluding hydrogens is 256 g/mol. The van der Waals surface area contributed by atoms with Gasteiger partial charge in [0.15, 0.2) is 0 Å². The van der Waals surface area contributed by atoms with E-state index in [0.29, 0.717) is 0 Å². The second-order valence-electron chi connectivity index (χ2n) is 5.29. The maximum Gasteiger partial charge on any atom is 0.127 e. The molecule has 3 N–H and O–H groups in total. The third-order valence-electron chi connectivity index (χ3n) is 4.03. The number of nitrogens with two attached hydrogens (primary N) is 1. The largest absolute Gasteiger partial charge is 0.496 e. The van der Waals surface area contributed by atoms with Gasteiger partial charge in [-0.15, -0.1) is 0 Å². The highest BCUT2D eigenvalue weighted by Gasteiger charge is 2.40. The van der Waals surface area contributed by atoms with Gasteiger partial charge in [-0.25, -0.2) is 5.43 Å². The van der Waals surface area contributed by atoms with E-state index in [2.05, 4.69) is 12.3 Å². The Hall–Kier alpha value is -1.30. The lowest BCUT2D eigenvalue weighted by Gasteiger charge is -2.41. The van der Waals surface area contributed by atoms with E-state index < -0.39 is 0 Å². The fourth-order valence-electron chi connectivity index (χ4n) is 2.91. The van der Waals surface area contributed by atoms with Gasteiger partial charge in [0.05, 0.1) is 31.4 Å². The molecule has 1 aliphatic rings. The van der Waals surface area contributed by atoms with Crippen molar-refractivity contribution in [2.45, 2.75) is 37.8 Å². The van der Waals surface area contributed by atoms with Crippen LogP contribution in [-0.4, -0.2) is 26.4 Å². The summed E-state index contributed by atoms with van der Waals surface area (Å²) in [6.07, 6.45) is 3.17. The van der Waals surface area contributed by atoms with E-state index in [-0.39, 0.29) is 11.6 Å². The average Bonchev–Trinajstić information content (AvgIpc) is 2.48. The standard InChI is InChI=1S/C15H24N2O3/c1-15(9-4-5-10-20-15)14(17-16)13-11(18-2)7-6-8-12(13)19-3/h6-8,14,17H,4-5,9-10,16H2,1-3H3. The molecule has 0 spiro atoms. The van der Waals surface area contributed by atoms with Crippen molar-refractivity contribution in [3.63, 3.8) is 0 Å². The lowest BCUT2D eigenvalue weighted by atomic mass is 9.83. The molecule has 0 radical (unpaired) electrons. The fourth-order valence-corrected chi connectivity index (χ4v) is 2.91. The molecule has 2 unspecified atom stereocenters. The highest BCUT2D eigenvalue weighted by Crippen LogP contribution is 2.43. The second kappa shape index (κ2) is 6.43. The van der Waals surface area contributed by atoms with Crippen molar-refractivity contribution in [1.29, 1.82) is 0 Å². The van der Waals surface area contributed by atoms with Crippen LogP contribution in [0.1, 0.15) is 37.8 Å². The van der Waals surface area contributed by atoms with Gasteiger partial charge in [0.2, 0.25) is 0 Å². The van der Waals surface area contributed by atoms with Crippen molar-refractivity contribution in [1.82, 2.24) is 5.43 Å². The Morgan fingerprint density at radius 1 is 1.25 bits per heavy atom. The Bertz CT molecular complexity index is 422. The topological polar surface area (TPSA) is 65.7 Å². The van der Waals surface area contributed by atoms with Gasteiger partial charge in [-0.2, -0.15) is 0 Å². The highest BCUT2D eigenvalue weighted by atomic mass is 16.5. The van der Waals surface area contributed by atoms with Crippen LogP contribution < -0.4 is 20.7 Å². The normalized spacial score (nSPS) is 24.2. The van der Waals surface area contributed by atoms with E-state index in [1.807, 2.05) is 18.2 Å². The minimum Gasteiger partial charge on any atom is -0.496 e. The zero-order chi connectivity index (χ0) is 14.6. The number of nitrogens with one attached hydrogen (secondary N) is 1. The Labute approximate surface area is 120 Å². The minimum absolute atomic E-state index is 0.186. The van der Waals surface area contributed by atoms with E-state index in [9.17, 15) is 0 Å². The quantitative estimate of drug-likeness (QED) is 0.639. The molecule has 0 aliphatic carbocycles. The summed E-state index contributed by atoms with van der Waals surface area (Å²) >= 11 is 0. The van der Waals surface area contributed by atoms with Crippen LogP contribution in [0.15, 0.2) is 18.2 Å². The zero-order valence-corrected chi connectivity index (χ0v) is 12.4. The second-order valence-corrected chi connectivity index (χ2v) is 5.29. The number of benzene rings is 1. The summed E-state index contributed by atoms with van der Waals surface area (Å²) < 4.78 is 17.0. The van der Waals surface area contributed by atoms with Gasteiger partial charge >= 0.3 is 0 Å². The molecule has 2 rings (SSSR count). The number of hydrazine groups is 1. The molecule has 1 aliphatic heterocycles. The van der Waals surface area contributed by atoms with E-state index in [4.69, 9.17) is 20.1 Å². The third kappa shape index (κ3) is 2.75. The van der Waals surface area contributed by atoms with Crippen LogP contribution in [0.2, 0.25) is 0 Å². The van der Waals surface area contributed by atoms with Crippen LogP contribution in [0.4, 0.5) is 0 Å². The summed E-state index contributed by atoms with van der Waals surface area (Å²) in [6.45, 7) is 2.84. The Kier molecular flexibility index (Phi) is 4.86. The highest BCUT2D eigenvalue weighted by molar-refractivity contribution is 5.48. The first kappa shape index (κ1) is 15.1. The first-order chi connectivity index (χ1) is 9.66. The van der Waals surface area contributed by atoms with Crippen molar-refractivity contribution in [2.24, 2.45) is 5.84 Å². The lowest BCUT2D eigenvalue weighted by molar-refractivity contribution is -0.0905. The van der Waals surface area contributed by atoms with E-state index >= 15 is 0 Å². The van der Waals surface area contributed by atoms with Gasteiger partial charge in [0.1, 0.15) is 11.5 Å². The molecule has 0 saturated carbocycles. The van der Waals surface area contributed by atoms with Gasteiger partial charge < -0.3 is 14.2 Å². The summed E-state index contributed by atoms with van der Waals surface area (Å²) in [5.74, 6) is 7.33. The van der Waals surface area contributed by atoms with Gasteiger partial charge in [-0.1, -0.05) is 6.07 Å². The van der Waals surface area contributed by atoms with Crippen molar-refractivity contribution >= 4 is 0 Å². The predicted octanol–water partition coefficient (Wildman–Crippen LogP) is 2.17. The van der Waals surface area contributed by atoms with E-state index in [0.717, 1.165) is 42.9 Å². The molecule has 0 aromatic heterocycles. The van der Waals surface area contributed by atoms with Gasteiger partial charge in [-0.3, -0.25) is 5.84 Å². The van der Waals surface area contributed by atoms with Crippen LogP contribution in [0.3, 0.4) is 0 Å². The molecule has 2 atom stereocenters. The zero-order valence-electron chi connectivity index (χ0n) is 12.4. The molecule has 5 heteroatoms. The van der Waals surface area contributed by atoms with Crippen molar-refractivity contribution in [3.05, 3.63) is 23.8 Å². The molecule has 1 aromatic rings. The van der Waals surface area contributed by atoms with E-state index in [1.165, 1.54) is 0 Å². The predicted molar refractivity (Wildman–Crippen MR) is 77.8 cm³/mol. The fraction of sp³-hybridized carbons (Fsp3) is 0.600. The molecule has 5 nitrogen and oxygen atoms in total. The van der Waals surface area contributed by atoms with Crippen molar-refractivity contribution < 1.29 is 14.2 Å². The summed E-state index contributed by atoms with van der Waals surface area (Å²) in [5, 5.41) is 0. The monoisotopic (exact) mass is 280 g/mol. The van der Waals surface area contributed by atoms with E-state index in [1.54, 1.807) is 14.2 Å². The smallest absolute Gasteiger partial charge is 0.127 e. The molecule has 0 amide bonds. The number of rotatable bonds is 5. The Balaban J connectivity index is 2.45. The lowest BCUT2D eigenvalue weighted by Crippen LogP contribution is -2.48. The molecule has 1 heterocycles. The molecule has 1 saturated heterocycles. The van der Waals surface area contributed by atoms with Crippen molar-refractivity contribution in [2.75, 3.05) is 20.8 Å². The van der Waals surface area contributed by atoms with Gasteiger partial charge in [0, 0.05) is 6.61 Å². The number of hydrogen-bond acceptors (Lipinski definition) is 5. The summed E-state index contributed by atoms with van der Waals surface area (Å²) in [4.78, 5) is 0. The molecule has 1 fully saturated rings. The Morgan fingerprint density at radius 3 is 2.35 bits per heavy atom. The first-order valence-corrected chi connectivity index (χ1v) is 6.97. The summed E-state index contributed by atoms with van der Waals surface area (Å²) in [7, 11) is 3.30. The first-order valence-electron chi connectivity index (χ1n) is 6.97. The van der Waals surface area contributed by atoms with Crippen molar-refractivity contribution in [3.8, 4) is 11.5 Å². The van der Waals surface area contributed by atoms with Crippen LogP contribution >= 0.6 is 0 Å². The number of methoxy groups -OCH3 is 2. The maximum absolute atomic E-state index is 6.02. The summed E-state index contributed by atoms with van der Waals surface area (Å²) in [6, 6.07) is 5.54. The van der Waals surface area contributed by atoms with Crippen LogP contribution in [0.5, 0.6) is 11.5 Å². The van der Waals surface area contributed by atoms with Gasteiger partial charge in [-0.05, 0) is 38.3 Å². The van der Waals surface area contributed by atoms with Crippen LogP contribution in [0, 0.1) is 0 Å². The van der Waals surface area contributed by atoms with Crippen LogP contribution in [-0.2, 0) is 4.74 Å². The SMILES string of the molecule is COc1cccc(OC)c1C(NN)C1(C)CCCCO1. The number of ether oxygens (including phenoxy) is 3. The summed E-state index contributed by atoms with van der Waals surface area (Å²) in [5.41, 5.74) is 3.43.